The summed E-state index contributed by atoms with van der Waals surface area (Å²) in [5, 5.41) is 3.34. The average molecular weight is 417 g/mol. The molecule has 0 aliphatic rings. The van der Waals surface area contributed by atoms with Crippen molar-refractivity contribution in [2.24, 2.45) is 4.99 Å². The zero-order valence-corrected chi connectivity index (χ0v) is 16.7. The van der Waals surface area contributed by atoms with Gasteiger partial charge in [0.05, 0.1) is 16.8 Å². The molecule has 7 nitrogen and oxygen atoms in total. The fourth-order valence-electron chi connectivity index (χ4n) is 3.04. The number of nitrogens with one attached hydrogen (secondary N) is 1. The summed E-state index contributed by atoms with van der Waals surface area (Å²) in [4.78, 5) is 40.9. The molecule has 0 saturated heterocycles. The number of benzene rings is 2. The highest BCUT2D eigenvalue weighted by molar-refractivity contribution is 7.16. The molecule has 2 aromatic carbocycles. The van der Waals surface area contributed by atoms with Gasteiger partial charge in [0, 0.05) is 18.0 Å². The molecule has 8 heteroatoms. The van der Waals surface area contributed by atoms with Gasteiger partial charge in [0.1, 0.15) is 11.1 Å². The molecule has 148 valence electrons. The molecule has 0 radical (unpaired) electrons. The molecule has 2 amide bonds. The number of para-hydroxylation sites is 1. The van der Waals surface area contributed by atoms with E-state index in [0.717, 1.165) is 10.2 Å². The Morgan fingerprint density at radius 2 is 2.03 bits per heavy atom. The maximum atomic E-state index is 12.8. The molecule has 2 aromatic heterocycles. The van der Waals surface area contributed by atoms with Gasteiger partial charge in [-0.15, -0.1) is 6.42 Å². The number of thiazole rings is 1. The number of fused-ring (bicyclic) bond motifs is 2. The van der Waals surface area contributed by atoms with Crippen molar-refractivity contribution in [3.63, 3.8) is 0 Å². The van der Waals surface area contributed by atoms with E-state index < -0.39 is 11.5 Å². The van der Waals surface area contributed by atoms with Crippen LogP contribution in [-0.4, -0.2) is 16.4 Å². The maximum Gasteiger partial charge on any atom is 0.349 e. The Labute approximate surface area is 174 Å². The standard InChI is InChI=1S/C22H15N3O4S/c1-3-10-25-17-9-8-15(23-13(2)26)12-19(17)30-22(25)24-20(27)16-11-14-6-4-5-7-18(14)29-21(16)28/h1,4-9,11-12H,10H2,2H3,(H,23,26). The lowest BCUT2D eigenvalue weighted by Crippen LogP contribution is -2.19. The van der Waals surface area contributed by atoms with Gasteiger partial charge in [-0.3, -0.25) is 9.59 Å². The SMILES string of the molecule is C#CCn1c(=NC(=O)c2cc3ccccc3oc2=O)sc2cc(NC(C)=O)ccc21. The Morgan fingerprint density at radius 1 is 1.23 bits per heavy atom. The van der Waals surface area contributed by atoms with Gasteiger partial charge in [0.15, 0.2) is 4.80 Å². The Morgan fingerprint density at radius 3 is 2.80 bits per heavy atom. The zero-order valence-electron chi connectivity index (χ0n) is 15.8. The normalized spacial score (nSPS) is 11.5. The first-order valence-corrected chi connectivity index (χ1v) is 9.74. The van der Waals surface area contributed by atoms with Crippen molar-refractivity contribution in [3.8, 4) is 12.3 Å². The molecule has 0 fully saturated rings. The molecule has 0 bridgehead atoms. The third-order valence-electron chi connectivity index (χ3n) is 4.32. The van der Waals surface area contributed by atoms with Gasteiger partial charge in [0.2, 0.25) is 5.91 Å². The number of anilines is 1. The van der Waals surface area contributed by atoms with Crippen LogP contribution in [0.1, 0.15) is 17.3 Å². The molecule has 4 rings (SSSR count). The number of amides is 2. The molecular weight excluding hydrogens is 402 g/mol. The second-order valence-electron chi connectivity index (χ2n) is 6.44. The molecule has 4 aromatic rings. The number of terminal acetylenes is 1. The number of hydrogen-bond acceptors (Lipinski definition) is 5. The van der Waals surface area contributed by atoms with Crippen molar-refractivity contribution in [2.45, 2.75) is 13.5 Å². The smallest absolute Gasteiger partial charge is 0.349 e. The van der Waals surface area contributed by atoms with Crippen molar-refractivity contribution >= 4 is 50.0 Å². The zero-order chi connectivity index (χ0) is 21.3. The van der Waals surface area contributed by atoms with Crippen LogP contribution < -0.4 is 15.7 Å². The Balaban J connectivity index is 1.85. The highest BCUT2D eigenvalue weighted by Gasteiger charge is 2.15. The van der Waals surface area contributed by atoms with Crippen molar-refractivity contribution in [1.82, 2.24) is 4.57 Å². The summed E-state index contributed by atoms with van der Waals surface area (Å²) >= 11 is 1.23. The second-order valence-corrected chi connectivity index (χ2v) is 7.45. The molecule has 30 heavy (non-hydrogen) atoms. The molecule has 0 saturated carbocycles. The number of rotatable bonds is 3. The van der Waals surface area contributed by atoms with E-state index in [9.17, 15) is 14.4 Å². The van der Waals surface area contributed by atoms with E-state index in [-0.39, 0.29) is 18.0 Å². The van der Waals surface area contributed by atoms with Crippen LogP contribution >= 0.6 is 11.3 Å². The monoisotopic (exact) mass is 417 g/mol. The highest BCUT2D eigenvalue weighted by atomic mass is 32.1. The van der Waals surface area contributed by atoms with Crippen LogP contribution in [0, 0.1) is 12.3 Å². The van der Waals surface area contributed by atoms with Crippen LogP contribution in [0.4, 0.5) is 5.69 Å². The van der Waals surface area contributed by atoms with Gasteiger partial charge in [0.25, 0.3) is 5.91 Å². The summed E-state index contributed by atoms with van der Waals surface area (Å²) in [6.45, 7) is 1.61. The summed E-state index contributed by atoms with van der Waals surface area (Å²) < 4.78 is 7.72. The van der Waals surface area contributed by atoms with Gasteiger partial charge in [-0.1, -0.05) is 35.5 Å². The van der Waals surface area contributed by atoms with Crippen molar-refractivity contribution in [1.29, 1.82) is 0 Å². The molecular formula is C22H15N3O4S. The van der Waals surface area contributed by atoms with Crippen molar-refractivity contribution in [3.05, 3.63) is 69.3 Å². The van der Waals surface area contributed by atoms with E-state index in [1.807, 2.05) is 0 Å². The van der Waals surface area contributed by atoms with Crippen LogP contribution in [0.5, 0.6) is 0 Å². The lowest BCUT2D eigenvalue weighted by Gasteiger charge is -2.03. The quantitative estimate of drug-likeness (QED) is 0.409. The average Bonchev–Trinajstić information content (AvgIpc) is 3.03. The van der Waals surface area contributed by atoms with E-state index in [1.165, 1.54) is 24.3 Å². The van der Waals surface area contributed by atoms with E-state index in [0.29, 0.717) is 21.5 Å². The van der Waals surface area contributed by atoms with Crippen LogP contribution in [0.2, 0.25) is 0 Å². The summed E-state index contributed by atoms with van der Waals surface area (Å²) in [6.07, 6.45) is 5.49. The van der Waals surface area contributed by atoms with Crippen LogP contribution in [0.15, 0.2) is 62.7 Å². The van der Waals surface area contributed by atoms with Gasteiger partial charge in [-0.25, -0.2) is 4.79 Å². The maximum absolute atomic E-state index is 12.8. The fourth-order valence-corrected chi connectivity index (χ4v) is 4.11. The topological polar surface area (TPSA) is 93.7 Å². The summed E-state index contributed by atoms with van der Waals surface area (Å²) in [5.74, 6) is 1.64. The third-order valence-corrected chi connectivity index (χ3v) is 5.36. The van der Waals surface area contributed by atoms with Gasteiger partial charge < -0.3 is 14.3 Å². The van der Waals surface area contributed by atoms with Gasteiger partial charge >= 0.3 is 5.63 Å². The fraction of sp³-hybridized carbons (Fsp3) is 0.0909. The van der Waals surface area contributed by atoms with Crippen LogP contribution in [0.25, 0.3) is 21.2 Å². The van der Waals surface area contributed by atoms with E-state index >= 15 is 0 Å². The Bertz CT molecular complexity index is 1480. The first-order valence-electron chi connectivity index (χ1n) is 8.92. The molecule has 0 unspecified atom stereocenters. The number of aromatic nitrogens is 1. The number of carbonyl (C=O) groups excluding carboxylic acids is 2. The predicted molar refractivity (Wildman–Crippen MR) is 115 cm³/mol. The third kappa shape index (κ3) is 3.66. The first-order chi connectivity index (χ1) is 14.5. The molecule has 2 heterocycles. The minimum absolute atomic E-state index is 0.155. The van der Waals surface area contributed by atoms with Gasteiger partial charge in [-0.05, 0) is 30.3 Å². The first kappa shape index (κ1) is 19.4. The number of carbonyl (C=O) groups is 2. The molecule has 0 atom stereocenters. The predicted octanol–water partition coefficient (Wildman–Crippen LogP) is 3.14. The molecule has 1 N–H and O–H groups in total. The summed E-state index contributed by atoms with van der Waals surface area (Å²) in [5.41, 5.74) is 0.882. The van der Waals surface area contributed by atoms with E-state index in [2.05, 4.69) is 16.2 Å². The van der Waals surface area contributed by atoms with Crippen LogP contribution in [-0.2, 0) is 11.3 Å². The van der Waals surface area contributed by atoms with Gasteiger partial charge in [-0.2, -0.15) is 4.99 Å². The van der Waals surface area contributed by atoms with Crippen molar-refractivity contribution < 1.29 is 14.0 Å². The molecule has 0 aliphatic carbocycles. The van der Waals surface area contributed by atoms with E-state index in [4.69, 9.17) is 10.8 Å². The Kier molecular flexibility index (Phi) is 5.04. The van der Waals surface area contributed by atoms with Crippen molar-refractivity contribution in [2.75, 3.05) is 5.32 Å². The Hall–Kier alpha value is -3.96. The second kappa shape index (κ2) is 7.81. The number of nitrogens with zero attached hydrogens (tertiary/aromatic N) is 2. The lowest BCUT2D eigenvalue weighted by molar-refractivity contribution is -0.114. The lowest BCUT2D eigenvalue weighted by atomic mass is 10.2. The summed E-state index contributed by atoms with van der Waals surface area (Å²) in [6, 6.07) is 13.7. The van der Waals surface area contributed by atoms with E-state index in [1.54, 1.807) is 47.0 Å². The highest BCUT2D eigenvalue weighted by Crippen LogP contribution is 2.22. The van der Waals surface area contributed by atoms with Crippen LogP contribution in [0.3, 0.4) is 0 Å². The minimum atomic E-state index is -0.750. The summed E-state index contributed by atoms with van der Waals surface area (Å²) in [7, 11) is 0. The molecule has 0 aliphatic heterocycles. The molecule has 0 spiro atoms. The minimum Gasteiger partial charge on any atom is -0.422 e. The number of hydrogen-bond donors (Lipinski definition) is 1. The largest absolute Gasteiger partial charge is 0.422 e.